The molecule has 1 fully saturated rings. The molecule has 10 heteroatoms. The minimum absolute atomic E-state index is 0.0309. The topological polar surface area (TPSA) is 117 Å². The summed E-state index contributed by atoms with van der Waals surface area (Å²) >= 11 is 0. The number of carbonyl (C=O) groups excluding carboxylic acids is 3. The Balaban J connectivity index is 1.26. The van der Waals surface area contributed by atoms with Crippen LogP contribution in [0, 0.1) is 0 Å². The van der Waals surface area contributed by atoms with E-state index in [-0.39, 0.29) is 58.8 Å². The average Bonchev–Trinajstić information content (AvgIpc) is 2.88. The van der Waals surface area contributed by atoms with Gasteiger partial charge < -0.3 is 5.32 Å². The first-order valence-electron chi connectivity index (χ1n) is 11.1. The smallest absolute Gasteiger partial charge is 0.244 e. The van der Waals surface area contributed by atoms with Gasteiger partial charge in [0.15, 0.2) is 11.6 Å². The first-order chi connectivity index (χ1) is 16.9. The highest BCUT2D eigenvalue weighted by Crippen LogP contribution is 2.32. The van der Waals surface area contributed by atoms with Gasteiger partial charge in [0.1, 0.15) is 4.90 Å². The normalized spacial score (nSPS) is 16.5. The number of pyridine rings is 1. The van der Waals surface area contributed by atoms with Gasteiger partial charge in [-0.05, 0) is 18.2 Å². The summed E-state index contributed by atoms with van der Waals surface area (Å²) in [6.07, 6.45) is 2.84. The summed E-state index contributed by atoms with van der Waals surface area (Å²) in [6.45, 7) is 1.28. The largest absolute Gasteiger partial charge is 0.324 e. The van der Waals surface area contributed by atoms with Crippen molar-refractivity contribution in [2.24, 2.45) is 0 Å². The second-order valence-corrected chi connectivity index (χ2v) is 10.3. The van der Waals surface area contributed by atoms with Gasteiger partial charge in [0.2, 0.25) is 15.9 Å². The summed E-state index contributed by atoms with van der Waals surface area (Å²) in [6, 6.07) is 14.5. The van der Waals surface area contributed by atoms with Crippen LogP contribution in [-0.2, 0) is 14.8 Å². The lowest BCUT2D eigenvalue weighted by molar-refractivity contribution is -0.117. The predicted molar refractivity (Wildman–Crippen MR) is 128 cm³/mol. The van der Waals surface area contributed by atoms with E-state index in [0.717, 1.165) is 0 Å². The van der Waals surface area contributed by atoms with Crippen LogP contribution < -0.4 is 5.32 Å². The molecule has 2 heterocycles. The van der Waals surface area contributed by atoms with Crippen LogP contribution in [0.5, 0.6) is 0 Å². The molecule has 1 aliphatic heterocycles. The fourth-order valence-electron chi connectivity index (χ4n) is 4.42. The van der Waals surface area contributed by atoms with Crippen molar-refractivity contribution in [1.29, 1.82) is 0 Å². The Kier molecular flexibility index (Phi) is 6.01. The highest BCUT2D eigenvalue weighted by atomic mass is 32.2. The van der Waals surface area contributed by atoms with E-state index in [2.05, 4.69) is 10.3 Å². The number of fused-ring (bicyclic) bond motifs is 2. The molecule has 0 unspecified atom stereocenters. The number of carbonyl (C=O) groups is 3. The molecule has 35 heavy (non-hydrogen) atoms. The van der Waals surface area contributed by atoms with Gasteiger partial charge in [-0.2, -0.15) is 4.31 Å². The Morgan fingerprint density at radius 3 is 2.23 bits per heavy atom. The Morgan fingerprint density at radius 1 is 0.857 bits per heavy atom. The molecule has 0 radical (unpaired) electrons. The van der Waals surface area contributed by atoms with Crippen molar-refractivity contribution in [1.82, 2.24) is 14.2 Å². The molecule has 2 aromatic carbocycles. The van der Waals surface area contributed by atoms with Crippen molar-refractivity contribution in [3.63, 3.8) is 0 Å². The summed E-state index contributed by atoms with van der Waals surface area (Å²) < 4.78 is 26.9. The first kappa shape index (κ1) is 23.0. The van der Waals surface area contributed by atoms with Crippen molar-refractivity contribution in [3.05, 3.63) is 89.2 Å². The molecule has 1 aliphatic carbocycles. The quantitative estimate of drug-likeness (QED) is 0.453. The molecule has 0 bridgehead atoms. The van der Waals surface area contributed by atoms with Crippen LogP contribution in [0.15, 0.2) is 71.9 Å². The van der Waals surface area contributed by atoms with Crippen LogP contribution in [0.25, 0.3) is 0 Å². The second kappa shape index (κ2) is 9.14. The lowest BCUT2D eigenvalue weighted by Gasteiger charge is -2.33. The summed E-state index contributed by atoms with van der Waals surface area (Å²) in [7, 11) is -3.63. The third-order valence-corrected chi connectivity index (χ3v) is 8.08. The van der Waals surface area contributed by atoms with Crippen molar-refractivity contribution in [2.75, 3.05) is 38.0 Å². The monoisotopic (exact) mass is 490 g/mol. The van der Waals surface area contributed by atoms with Gasteiger partial charge in [-0.1, -0.05) is 36.4 Å². The number of aromatic nitrogens is 1. The number of benzene rings is 2. The fourth-order valence-corrected chi connectivity index (χ4v) is 5.81. The van der Waals surface area contributed by atoms with E-state index in [4.69, 9.17) is 0 Å². The van der Waals surface area contributed by atoms with E-state index in [1.54, 1.807) is 48.5 Å². The molecule has 2 aliphatic rings. The summed E-state index contributed by atoms with van der Waals surface area (Å²) in [5.41, 5.74) is 1.42. The van der Waals surface area contributed by atoms with Crippen molar-refractivity contribution in [2.45, 2.75) is 4.90 Å². The van der Waals surface area contributed by atoms with Crippen LogP contribution in [0.3, 0.4) is 0 Å². The van der Waals surface area contributed by atoms with Gasteiger partial charge in [0.05, 0.1) is 17.8 Å². The molecule has 178 valence electrons. The van der Waals surface area contributed by atoms with Crippen LogP contribution >= 0.6 is 0 Å². The number of nitrogens with one attached hydrogen (secondary N) is 1. The lowest BCUT2D eigenvalue weighted by atomic mass is 9.83. The zero-order chi connectivity index (χ0) is 24.6. The number of sulfonamides is 1. The number of anilines is 1. The SMILES string of the molecule is O=C(CN1CCN(S(=O)(=O)c2cccnc2)CC1)Nc1cccc2c1C(=O)c1ccccc1C2=O. The zero-order valence-electron chi connectivity index (χ0n) is 18.7. The number of rotatable bonds is 5. The van der Waals surface area contributed by atoms with Crippen molar-refractivity contribution in [3.8, 4) is 0 Å². The van der Waals surface area contributed by atoms with Crippen LogP contribution in [0.1, 0.15) is 31.8 Å². The maximum Gasteiger partial charge on any atom is 0.244 e. The maximum atomic E-state index is 13.1. The number of hydrogen-bond donors (Lipinski definition) is 1. The third kappa shape index (κ3) is 4.27. The van der Waals surface area contributed by atoms with E-state index in [1.165, 1.54) is 22.8 Å². The Bertz CT molecular complexity index is 1430. The van der Waals surface area contributed by atoms with Gasteiger partial charge in [-0.3, -0.25) is 24.3 Å². The Hall–Kier alpha value is -3.73. The van der Waals surface area contributed by atoms with Crippen molar-refractivity contribution >= 4 is 33.2 Å². The van der Waals surface area contributed by atoms with Crippen LogP contribution in [0.4, 0.5) is 5.69 Å². The third-order valence-electron chi connectivity index (χ3n) is 6.20. The van der Waals surface area contributed by atoms with Gasteiger partial charge in [0.25, 0.3) is 0 Å². The predicted octanol–water partition coefficient (Wildman–Crippen LogP) is 1.80. The number of amides is 1. The standard InChI is InChI=1S/C25H22N4O5S/c30-22(16-28-11-13-29(14-12-28)35(33,34)17-5-4-10-26-15-17)27-21-9-3-8-20-23(21)25(32)19-7-2-1-6-18(19)24(20)31/h1-10,15H,11-14,16H2,(H,27,30). The lowest BCUT2D eigenvalue weighted by Crippen LogP contribution is -2.50. The first-order valence-corrected chi connectivity index (χ1v) is 12.5. The van der Waals surface area contributed by atoms with Crippen LogP contribution in [-0.4, -0.2) is 72.8 Å². The minimum atomic E-state index is -3.63. The Labute approximate surface area is 202 Å². The molecule has 3 aromatic rings. The van der Waals surface area contributed by atoms with E-state index in [0.29, 0.717) is 24.2 Å². The summed E-state index contributed by atoms with van der Waals surface area (Å²) in [4.78, 5) is 44.7. The van der Waals surface area contributed by atoms with Gasteiger partial charge in [-0.25, -0.2) is 8.42 Å². The number of piperazine rings is 1. The van der Waals surface area contributed by atoms with E-state index in [9.17, 15) is 22.8 Å². The van der Waals surface area contributed by atoms with E-state index < -0.39 is 10.0 Å². The number of nitrogens with zero attached hydrogens (tertiary/aromatic N) is 3. The fraction of sp³-hybridized carbons (Fsp3) is 0.200. The molecule has 0 atom stereocenters. The molecular formula is C25H22N4O5S. The number of ketones is 2. The minimum Gasteiger partial charge on any atom is -0.324 e. The van der Waals surface area contributed by atoms with Gasteiger partial charge in [-0.15, -0.1) is 0 Å². The highest BCUT2D eigenvalue weighted by molar-refractivity contribution is 7.89. The van der Waals surface area contributed by atoms with Crippen LogP contribution in [0.2, 0.25) is 0 Å². The van der Waals surface area contributed by atoms with Gasteiger partial charge in [0, 0.05) is 55.3 Å². The maximum absolute atomic E-state index is 13.1. The molecular weight excluding hydrogens is 468 g/mol. The van der Waals surface area contributed by atoms with Gasteiger partial charge >= 0.3 is 0 Å². The molecule has 1 N–H and O–H groups in total. The Morgan fingerprint density at radius 2 is 1.54 bits per heavy atom. The molecule has 1 amide bonds. The molecule has 1 saturated heterocycles. The molecule has 0 spiro atoms. The summed E-state index contributed by atoms with van der Waals surface area (Å²) in [5, 5.41) is 2.77. The van der Waals surface area contributed by atoms with E-state index in [1.807, 2.05) is 4.90 Å². The second-order valence-electron chi connectivity index (χ2n) is 8.35. The zero-order valence-corrected chi connectivity index (χ0v) is 19.5. The average molecular weight is 491 g/mol. The molecule has 5 rings (SSSR count). The highest BCUT2D eigenvalue weighted by Gasteiger charge is 2.32. The summed E-state index contributed by atoms with van der Waals surface area (Å²) in [5.74, 6) is -0.904. The molecule has 1 aromatic heterocycles. The van der Waals surface area contributed by atoms with Crippen molar-refractivity contribution < 1.29 is 22.8 Å². The molecule has 0 saturated carbocycles. The number of hydrogen-bond acceptors (Lipinski definition) is 7. The van der Waals surface area contributed by atoms with E-state index >= 15 is 0 Å². The molecule has 9 nitrogen and oxygen atoms in total.